The fourth-order valence-electron chi connectivity index (χ4n) is 2.64. The molecule has 1 saturated heterocycles. The van der Waals surface area contributed by atoms with E-state index in [4.69, 9.17) is 11.6 Å². The van der Waals surface area contributed by atoms with Gasteiger partial charge in [-0.3, -0.25) is 4.79 Å². The molecule has 0 atom stereocenters. The second kappa shape index (κ2) is 7.14. The summed E-state index contributed by atoms with van der Waals surface area (Å²) in [6.45, 7) is 5.53. The molecular formula is C16H24ClN3O. The highest BCUT2D eigenvalue weighted by Gasteiger charge is 2.19. The molecule has 0 aromatic heterocycles. The molecular weight excluding hydrogens is 286 g/mol. The van der Waals surface area contributed by atoms with Crippen LogP contribution in [0.2, 0.25) is 5.02 Å². The zero-order valence-electron chi connectivity index (χ0n) is 13.0. The molecule has 2 rings (SSSR count). The number of amides is 1. The monoisotopic (exact) mass is 309 g/mol. The van der Waals surface area contributed by atoms with Crippen molar-refractivity contribution >= 4 is 23.2 Å². The maximum Gasteiger partial charge on any atom is 0.253 e. The Hall–Kier alpha value is -1.26. The molecule has 1 fully saturated rings. The van der Waals surface area contributed by atoms with E-state index in [1.54, 1.807) is 31.1 Å². The smallest absolute Gasteiger partial charge is 0.253 e. The predicted molar refractivity (Wildman–Crippen MR) is 88.2 cm³/mol. The summed E-state index contributed by atoms with van der Waals surface area (Å²) in [6, 6.07) is 5.85. The third kappa shape index (κ3) is 4.11. The van der Waals surface area contributed by atoms with Crippen molar-refractivity contribution in [2.45, 2.75) is 25.8 Å². The van der Waals surface area contributed by atoms with Crippen LogP contribution in [0.1, 0.15) is 30.1 Å². The quantitative estimate of drug-likeness (QED) is 0.929. The van der Waals surface area contributed by atoms with E-state index in [1.165, 1.54) is 0 Å². The van der Waals surface area contributed by atoms with Crippen LogP contribution in [0.15, 0.2) is 18.2 Å². The van der Waals surface area contributed by atoms with Crippen molar-refractivity contribution in [2.24, 2.45) is 0 Å². The Balaban J connectivity index is 2.06. The van der Waals surface area contributed by atoms with Crippen molar-refractivity contribution in [2.75, 3.05) is 39.0 Å². The molecule has 0 unspecified atom stereocenters. The van der Waals surface area contributed by atoms with Crippen molar-refractivity contribution in [1.29, 1.82) is 0 Å². The van der Waals surface area contributed by atoms with Gasteiger partial charge in [-0.25, -0.2) is 0 Å². The number of anilines is 1. The Labute approximate surface area is 132 Å². The zero-order chi connectivity index (χ0) is 15.4. The number of hydrogen-bond donors (Lipinski definition) is 1. The first-order valence-corrected chi connectivity index (χ1v) is 7.89. The summed E-state index contributed by atoms with van der Waals surface area (Å²) in [6.07, 6.45) is 2.21. The molecule has 0 bridgehead atoms. The minimum Gasteiger partial charge on any atom is -0.381 e. The maximum absolute atomic E-state index is 12.0. The third-order valence-electron chi connectivity index (χ3n) is 4.01. The number of carbonyl (C=O) groups is 1. The molecule has 1 heterocycles. The Morgan fingerprint density at radius 2 is 2.05 bits per heavy atom. The molecule has 1 aliphatic rings. The number of rotatable bonds is 4. The zero-order valence-corrected chi connectivity index (χ0v) is 13.8. The lowest BCUT2D eigenvalue weighted by Gasteiger charge is -2.32. The van der Waals surface area contributed by atoms with Gasteiger partial charge in [0.05, 0.1) is 10.7 Å². The van der Waals surface area contributed by atoms with Crippen molar-refractivity contribution in [3.05, 3.63) is 28.8 Å². The van der Waals surface area contributed by atoms with Crippen molar-refractivity contribution in [3.63, 3.8) is 0 Å². The van der Waals surface area contributed by atoms with Crippen LogP contribution in [-0.4, -0.2) is 55.5 Å². The van der Waals surface area contributed by atoms with Crippen LogP contribution in [0, 0.1) is 0 Å². The number of nitrogens with zero attached hydrogens (tertiary/aromatic N) is 2. The van der Waals surface area contributed by atoms with E-state index in [0.717, 1.165) is 38.2 Å². The van der Waals surface area contributed by atoms with Crippen LogP contribution in [-0.2, 0) is 0 Å². The van der Waals surface area contributed by atoms with Crippen LogP contribution in [0.5, 0.6) is 0 Å². The Morgan fingerprint density at radius 3 is 2.62 bits per heavy atom. The average Bonchev–Trinajstić information content (AvgIpc) is 2.49. The van der Waals surface area contributed by atoms with Crippen molar-refractivity contribution in [3.8, 4) is 0 Å². The van der Waals surface area contributed by atoms with Crippen LogP contribution in [0.25, 0.3) is 0 Å². The molecule has 0 spiro atoms. The van der Waals surface area contributed by atoms with Gasteiger partial charge in [0, 0.05) is 38.8 Å². The molecule has 1 aromatic carbocycles. The van der Waals surface area contributed by atoms with Gasteiger partial charge in [-0.05, 0) is 37.6 Å². The van der Waals surface area contributed by atoms with Gasteiger partial charge in [0.2, 0.25) is 0 Å². The summed E-state index contributed by atoms with van der Waals surface area (Å²) >= 11 is 6.26. The van der Waals surface area contributed by atoms with Crippen LogP contribution < -0.4 is 5.32 Å². The number of benzene rings is 1. The molecule has 0 saturated carbocycles. The molecule has 21 heavy (non-hydrogen) atoms. The first-order chi connectivity index (χ1) is 10.0. The van der Waals surface area contributed by atoms with Crippen molar-refractivity contribution < 1.29 is 4.79 Å². The van der Waals surface area contributed by atoms with Crippen LogP contribution >= 0.6 is 11.6 Å². The van der Waals surface area contributed by atoms with Gasteiger partial charge in [0.25, 0.3) is 5.91 Å². The number of nitrogens with one attached hydrogen (secondary N) is 1. The topological polar surface area (TPSA) is 35.6 Å². The fourth-order valence-corrected chi connectivity index (χ4v) is 2.81. The second-order valence-corrected chi connectivity index (χ2v) is 6.15. The van der Waals surface area contributed by atoms with Crippen molar-refractivity contribution in [1.82, 2.24) is 9.80 Å². The highest BCUT2D eigenvalue weighted by molar-refractivity contribution is 6.33. The van der Waals surface area contributed by atoms with Gasteiger partial charge >= 0.3 is 0 Å². The minimum atomic E-state index is -0.00415. The summed E-state index contributed by atoms with van der Waals surface area (Å²) in [5.41, 5.74) is 1.53. The molecule has 4 nitrogen and oxygen atoms in total. The molecule has 5 heteroatoms. The molecule has 1 aromatic rings. The van der Waals surface area contributed by atoms with E-state index >= 15 is 0 Å². The third-order valence-corrected chi connectivity index (χ3v) is 4.34. The molecule has 0 aliphatic carbocycles. The first kappa shape index (κ1) is 16.1. The van der Waals surface area contributed by atoms with Gasteiger partial charge in [-0.1, -0.05) is 18.5 Å². The van der Waals surface area contributed by atoms with E-state index in [0.29, 0.717) is 16.6 Å². The molecule has 1 N–H and O–H groups in total. The number of piperidine rings is 1. The number of halogens is 1. The van der Waals surface area contributed by atoms with E-state index in [9.17, 15) is 4.79 Å². The summed E-state index contributed by atoms with van der Waals surface area (Å²) in [7, 11) is 3.51. The molecule has 116 valence electrons. The Kier molecular flexibility index (Phi) is 5.48. The molecule has 0 radical (unpaired) electrons. The minimum absolute atomic E-state index is 0.00415. The van der Waals surface area contributed by atoms with E-state index in [2.05, 4.69) is 17.1 Å². The highest BCUT2D eigenvalue weighted by Crippen LogP contribution is 2.26. The van der Waals surface area contributed by atoms with E-state index < -0.39 is 0 Å². The maximum atomic E-state index is 12.0. The summed E-state index contributed by atoms with van der Waals surface area (Å²) in [5.74, 6) is -0.00415. The Morgan fingerprint density at radius 1 is 1.38 bits per heavy atom. The Bertz CT molecular complexity index is 496. The molecule has 1 amide bonds. The van der Waals surface area contributed by atoms with Gasteiger partial charge in [-0.2, -0.15) is 0 Å². The predicted octanol–water partition coefficient (Wildman–Crippen LogP) is 2.94. The van der Waals surface area contributed by atoms with Crippen LogP contribution in [0.3, 0.4) is 0 Å². The van der Waals surface area contributed by atoms with Gasteiger partial charge < -0.3 is 15.1 Å². The number of carbonyl (C=O) groups excluding carboxylic acids is 1. The SMILES string of the molecule is CCN1CCC(Nc2cc(C(=O)N(C)C)ccc2Cl)CC1. The molecule has 1 aliphatic heterocycles. The lowest BCUT2D eigenvalue weighted by molar-refractivity contribution is 0.0827. The number of hydrogen-bond acceptors (Lipinski definition) is 3. The standard InChI is InChI=1S/C16H24ClN3O/c1-4-20-9-7-13(8-10-20)18-15-11-12(5-6-14(15)17)16(21)19(2)3/h5-6,11,13,18H,4,7-10H2,1-3H3. The lowest BCUT2D eigenvalue weighted by atomic mass is 10.0. The van der Waals surface area contributed by atoms with E-state index in [1.807, 2.05) is 6.07 Å². The highest BCUT2D eigenvalue weighted by atomic mass is 35.5. The van der Waals surface area contributed by atoms with E-state index in [-0.39, 0.29) is 5.91 Å². The van der Waals surface area contributed by atoms with Gasteiger partial charge in [0.15, 0.2) is 0 Å². The number of likely N-dealkylation sites (tertiary alicyclic amines) is 1. The van der Waals surface area contributed by atoms with Gasteiger partial charge in [-0.15, -0.1) is 0 Å². The lowest BCUT2D eigenvalue weighted by Crippen LogP contribution is -2.38. The van der Waals surface area contributed by atoms with Gasteiger partial charge in [0.1, 0.15) is 0 Å². The van der Waals surface area contributed by atoms with Crippen LogP contribution in [0.4, 0.5) is 5.69 Å². The first-order valence-electron chi connectivity index (χ1n) is 7.51. The normalized spacial score (nSPS) is 16.8. The summed E-state index contributed by atoms with van der Waals surface area (Å²) < 4.78 is 0. The largest absolute Gasteiger partial charge is 0.381 e. The average molecular weight is 310 g/mol. The summed E-state index contributed by atoms with van der Waals surface area (Å²) in [4.78, 5) is 16.1. The fraction of sp³-hybridized carbons (Fsp3) is 0.562. The second-order valence-electron chi connectivity index (χ2n) is 5.75. The summed E-state index contributed by atoms with van der Waals surface area (Å²) in [5, 5.41) is 4.17.